The van der Waals surface area contributed by atoms with Gasteiger partial charge in [0.25, 0.3) is 0 Å². The van der Waals surface area contributed by atoms with E-state index in [1.165, 1.54) is 0 Å². The van der Waals surface area contributed by atoms with Gasteiger partial charge in [0, 0.05) is 0 Å². The summed E-state index contributed by atoms with van der Waals surface area (Å²) < 4.78 is 0. The Labute approximate surface area is 65.4 Å². The van der Waals surface area contributed by atoms with Crippen LogP contribution in [0.4, 0.5) is 0 Å². The van der Waals surface area contributed by atoms with E-state index in [4.69, 9.17) is 5.40 Å². The lowest BCUT2D eigenvalue weighted by Gasteiger charge is -2.37. The van der Waals surface area contributed by atoms with Gasteiger partial charge in [0.1, 0.15) is 0 Å². The lowest BCUT2D eigenvalue weighted by molar-refractivity contribution is 0.684. The molecule has 3 heteroatoms. The highest BCUT2D eigenvalue weighted by molar-refractivity contribution is 6.77. The quantitative estimate of drug-likeness (QED) is 0.600. The highest BCUT2D eigenvalue weighted by atomic mass is 28.3. The zero-order chi connectivity index (χ0) is 8.41. The third-order valence-corrected chi connectivity index (χ3v) is 7.03. The van der Waals surface area contributed by atoms with Crippen molar-refractivity contribution in [2.24, 2.45) is 5.40 Å². The summed E-state index contributed by atoms with van der Waals surface area (Å²) in [5.41, 5.74) is 0. The Kier molecular flexibility index (Phi) is 3.07. The lowest BCUT2D eigenvalue weighted by atomic mass is 10.2. The van der Waals surface area contributed by atoms with Crippen LogP contribution < -0.4 is 10.4 Å². The Hall–Kier alpha value is 0.137. The maximum Gasteiger partial charge on any atom is 0.203 e. The minimum atomic E-state index is -1.65. The first-order valence-corrected chi connectivity index (χ1v) is 6.13. The van der Waals surface area contributed by atoms with Crippen molar-refractivity contribution < 1.29 is 0 Å². The fourth-order valence-corrected chi connectivity index (χ4v) is 3.25. The van der Waals surface area contributed by atoms with Crippen molar-refractivity contribution in [3.8, 4) is 0 Å². The molecule has 0 aromatic rings. The smallest absolute Gasteiger partial charge is 0.203 e. The van der Waals surface area contributed by atoms with Crippen LogP contribution in [0.2, 0.25) is 11.1 Å². The molecule has 0 spiro atoms. The molecule has 0 aromatic carbocycles. The van der Waals surface area contributed by atoms with Crippen LogP contribution in [0.25, 0.3) is 0 Å². The van der Waals surface area contributed by atoms with Crippen molar-refractivity contribution in [2.45, 2.75) is 38.8 Å². The molecule has 0 aliphatic carbocycles. The molecule has 0 bridgehead atoms. The number of hydrogen-bond acceptors (Lipinski definition) is 2. The minimum absolute atomic E-state index is 0.260. The van der Waals surface area contributed by atoms with Crippen molar-refractivity contribution in [3.63, 3.8) is 0 Å². The number of nitrogens with two attached hydrogens (primary N) is 1. The second-order valence-electron chi connectivity index (χ2n) is 3.82. The van der Waals surface area contributed by atoms with Gasteiger partial charge in [-0.2, -0.15) is 0 Å². The minimum Gasteiger partial charge on any atom is -0.339 e. The van der Waals surface area contributed by atoms with Crippen molar-refractivity contribution in [1.82, 2.24) is 4.98 Å². The van der Waals surface area contributed by atoms with E-state index in [-0.39, 0.29) is 5.04 Å². The topological polar surface area (TPSA) is 38.0 Å². The predicted molar refractivity (Wildman–Crippen MR) is 49.2 cm³/mol. The van der Waals surface area contributed by atoms with Gasteiger partial charge in [0.05, 0.1) is 0 Å². The summed E-state index contributed by atoms with van der Waals surface area (Å²) in [5, 5.41) is 6.46. The fourth-order valence-electron chi connectivity index (χ4n) is 1.08. The molecule has 0 rings (SSSR count). The highest BCUT2D eigenvalue weighted by Gasteiger charge is 2.38. The summed E-state index contributed by atoms with van der Waals surface area (Å²) >= 11 is 0. The van der Waals surface area contributed by atoms with Crippen LogP contribution >= 0.6 is 0 Å². The third-order valence-electron chi connectivity index (χ3n) is 2.34. The van der Waals surface area contributed by atoms with Crippen molar-refractivity contribution in [3.05, 3.63) is 0 Å². The molecule has 0 aromatic heterocycles. The average Bonchev–Trinajstić information content (AvgIpc) is 1.84. The number of nitrogens with one attached hydrogen (secondary N) is 1. The van der Waals surface area contributed by atoms with Crippen LogP contribution in [0.1, 0.15) is 27.7 Å². The monoisotopic (exact) mass is 160 g/mol. The summed E-state index contributed by atoms with van der Waals surface area (Å²) in [6.07, 6.45) is 0. The Morgan fingerprint density at radius 1 is 1.40 bits per heavy atom. The number of hydrogen-bond donors (Lipinski definition) is 2. The van der Waals surface area contributed by atoms with E-state index in [2.05, 4.69) is 32.7 Å². The summed E-state index contributed by atoms with van der Waals surface area (Å²) in [5.74, 6) is 0. The number of rotatable bonds is 2. The Bertz CT molecular complexity index is 103. The molecule has 62 valence electrons. The molecule has 10 heavy (non-hydrogen) atoms. The molecule has 0 radical (unpaired) electrons. The predicted octanol–water partition coefficient (Wildman–Crippen LogP) is 1.43. The molecule has 1 atom stereocenters. The maximum absolute atomic E-state index is 6.20. The van der Waals surface area contributed by atoms with Gasteiger partial charge in [0.2, 0.25) is 8.40 Å². The fraction of sp³-hybridized carbons (Fsp3) is 1.00. The summed E-state index contributed by atoms with van der Waals surface area (Å²) in [4.78, 5) is 3.28. The second kappa shape index (κ2) is 3.03. The van der Waals surface area contributed by atoms with E-state index in [0.29, 0.717) is 0 Å². The average molecular weight is 160 g/mol. The van der Waals surface area contributed by atoms with E-state index >= 15 is 0 Å². The van der Waals surface area contributed by atoms with Crippen LogP contribution in [0.15, 0.2) is 0 Å². The first-order chi connectivity index (χ1) is 4.37. The summed E-state index contributed by atoms with van der Waals surface area (Å²) in [6.45, 7) is 8.78. The van der Waals surface area contributed by atoms with Gasteiger partial charge in [-0.1, -0.05) is 27.7 Å². The normalized spacial score (nSPS) is 18.6. The first-order valence-electron chi connectivity index (χ1n) is 3.85. The molecule has 0 aliphatic heterocycles. The molecular formula is C7H20N2Si. The molecule has 1 unspecified atom stereocenters. The second-order valence-corrected chi connectivity index (χ2v) is 8.47. The van der Waals surface area contributed by atoms with Gasteiger partial charge < -0.3 is 10.4 Å². The summed E-state index contributed by atoms with van der Waals surface area (Å²) in [7, 11) is 0.324. The standard InChI is InChI=1S/C7H20N2Si/c1-6-10(8,9-5)7(2,3)4/h9H,6,8H2,1-5H3. The third kappa shape index (κ3) is 1.81. The summed E-state index contributed by atoms with van der Waals surface area (Å²) in [6, 6.07) is 1.09. The van der Waals surface area contributed by atoms with Crippen LogP contribution in [-0.2, 0) is 0 Å². The molecule has 3 N–H and O–H groups in total. The van der Waals surface area contributed by atoms with E-state index in [1.807, 2.05) is 7.05 Å². The maximum atomic E-state index is 6.20. The first kappa shape index (κ1) is 10.1. The van der Waals surface area contributed by atoms with Gasteiger partial charge in [-0.25, -0.2) is 0 Å². The largest absolute Gasteiger partial charge is 0.339 e. The van der Waals surface area contributed by atoms with Gasteiger partial charge >= 0.3 is 0 Å². The lowest BCUT2D eigenvalue weighted by Crippen LogP contribution is -2.63. The van der Waals surface area contributed by atoms with E-state index in [9.17, 15) is 0 Å². The molecule has 0 aliphatic rings. The zero-order valence-corrected chi connectivity index (χ0v) is 8.78. The van der Waals surface area contributed by atoms with Crippen molar-refractivity contribution in [2.75, 3.05) is 7.05 Å². The molecule has 0 heterocycles. The molecule has 0 fully saturated rings. The highest BCUT2D eigenvalue weighted by Crippen LogP contribution is 2.32. The Balaban J connectivity index is 4.33. The Morgan fingerprint density at radius 2 is 1.80 bits per heavy atom. The van der Waals surface area contributed by atoms with Gasteiger partial charge in [0.15, 0.2) is 0 Å². The zero-order valence-electron chi connectivity index (χ0n) is 7.78. The molecule has 2 nitrogen and oxygen atoms in total. The van der Waals surface area contributed by atoms with E-state index < -0.39 is 8.40 Å². The van der Waals surface area contributed by atoms with Gasteiger partial charge in [-0.3, -0.25) is 0 Å². The van der Waals surface area contributed by atoms with E-state index in [0.717, 1.165) is 6.04 Å². The van der Waals surface area contributed by atoms with Crippen LogP contribution in [0, 0.1) is 0 Å². The van der Waals surface area contributed by atoms with Crippen LogP contribution in [0.5, 0.6) is 0 Å². The van der Waals surface area contributed by atoms with Crippen molar-refractivity contribution >= 4 is 8.40 Å². The Morgan fingerprint density at radius 3 is 1.80 bits per heavy atom. The van der Waals surface area contributed by atoms with Gasteiger partial charge in [-0.05, 0) is 18.1 Å². The van der Waals surface area contributed by atoms with Gasteiger partial charge in [-0.15, -0.1) is 0 Å². The molecule has 0 saturated heterocycles. The van der Waals surface area contributed by atoms with Crippen molar-refractivity contribution in [1.29, 1.82) is 0 Å². The molecular weight excluding hydrogens is 140 g/mol. The van der Waals surface area contributed by atoms with E-state index in [1.54, 1.807) is 0 Å². The van der Waals surface area contributed by atoms with Crippen LogP contribution in [0.3, 0.4) is 0 Å². The van der Waals surface area contributed by atoms with Crippen LogP contribution in [-0.4, -0.2) is 15.4 Å². The molecule has 0 amide bonds. The SMILES string of the molecule is CC[Si](N)(NC)C(C)(C)C. The molecule has 0 saturated carbocycles.